The Morgan fingerprint density at radius 3 is 2.65 bits per heavy atom. The van der Waals surface area contributed by atoms with E-state index in [0.29, 0.717) is 45.5 Å². The van der Waals surface area contributed by atoms with E-state index in [4.69, 9.17) is 10.5 Å². The van der Waals surface area contributed by atoms with Crippen LogP contribution in [0.25, 0.3) is 0 Å². The zero-order valence-corrected chi connectivity index (χ0v) is 15.3. The molecular weight excluding hydrogens is 366 g/mol. The van der Waals surface area contributed by atoms with Crippen molar-refractivity contribution in [3.8, 4) is 0 Å². The third kappa shape index (κ3) is 3.86. The first-order chi connectivity index (χ1) is 12.0. The van der Waals surface area contributed by atoms with Crippen molar-refractivity contribution in [3.63, 3.8) is 0 Å². The van der Waals surface area contributed by atoms with Crippen molar-refractivity contribution in [1.29, 1.82) is 0 Å². The first-order valence-electron chi connectivity index (χ1n) is 8.68. The van der Waals surface area contributed by atoms with E-state index in [0.717, 1.165) is 6.07 Å². The molecule has 0 radical (unpaired) electrons. The number of rotatable bonds is 5. The van der Waals surface area contributed by atoms with Gasteiger partial charge in [-0.25, -0.2) is 8.78 Å². The summed E-state index contributed by atoms with van der Waals surface area (Å²) >= 11 is 0. The highest BCUT2D eigenvalue weighted by Gasteiger charge is 2.56. The molecule has 1 heterocycles. The SMILES string of the molecule is Cl.NCCO[C@H]1C[C@@H](O)C12CCN(C(=O)Cc1cccc(F)c1F)CC2. The molecule has 146 valence electrons. The molecule has 1 aliphatic heterocycles. The first-order valence-corrected chi connectivity index (χ1v) is 8.68. The molecule has 1 saturated carbocycles. The molecule has 3 N–H and O–H groups in total. The Hall–Kier alpha value is -1.28. The number of likely N-dealkylation sites (tertiary alicyclic amines) is 1. The van der Waals surface area contributed by atoms with E-state index in [1.165, 1.54) is 12.1 Å². The zero-order chi connectivity index (χ0) is 18.0. The van der Waals surface area contributed by atoms with Crippen LogP contribution in [-0.2, 0) is 16.0 Å². The molecule has 1 aliphatic carbocycles. The van der Waals surface area contributed by atoms with Gasteiger partial charge in [-0.1, -0.05) is 12.1 Å². The molecular formula is C18H25ClF2N2O3. The van der Waals surface area contributed by atoms with Crippen LogP contribution in [0.4, 0.5) is 8.78 Å². The number of hydrogen-bond acceptors (Lipinski definition) is 4. The van der Waals surface area contributed by atoms with E-state index in [-0.39, 0.29) is 41.8 Å². The lowest BCUT2D eigenvalue weighted by Gasteiger charge is -2.56. The van der Waals surface area contributed by atoms with E-state index in [2.05, 4.69) is 0 Å². The standard InChI is InChI=1S/C18H24F2N2O3.ClH/c19-13-3-1-2-12(17(13)20)10-16(24)22-7-4-18(5-8-22)14(23)11-15(18)25-9-6-21;/h1-3,14-15,23H,4-11,21H2;1H/t14-,15+;/m1./s1. The third-order valence-electron chi connectivity index (χ3n) is 5.60. The van der Waals surface area contributed by atoms with Crippen molar-refractivity contribution in [2.24, 2.45) is 11.1 Å². The van der Waals surface area contributed by atoms with Crippen LogP contribution < -0.4 is 5.73 Å². The van der Waals surface area contributed by atoms with Gasteiger partial charge in [0, 0.05) is 37.0 Å². The van der Waals surface area contributed by atoms with Crippen LogP contribution in [0.5, 0.6) is 0 Å². The largest absolute Gasteiger partial charge is 0.392 e. The highest BCUT2D eigenvalue weighted by molar-refractivity contribution is 5.85. The smallest absolute Gasteiger partial charge is 0.227 e. The van der Waals surface area contributed by atoms with Gasteiger partial charge in [0.2, 0.25) is 5.91 Å². The van der Waals surface area contributed by atoms with Gasteiger partial charge < -0.3 is 20.5 Å². The zero-order valence-electron chi connectivity index (χ0n) is 14.5. The number of halogens is 3. The van der Waals surface area contributed by atoms with Gasteiger partial charge in [-0.05, 0) is 18.9 Å². The fourth-order valence-corrected chi connectivity index (χ4v) is 3.96. The third-order valence-corrected chi connectivity index (χ3v) is 5.60. The molecule has 26 heavy (non-hydrogen) atoms. The number of ether oxygens (including phenoxy) is 1. The van der Waals surface area contributed by atoms with Crippen LogP contribution in [0.1, 0.15) is 24.8 Å². The van der Waals surface area contributed by atoms with Crippen molar-refractivity contribution in [2.75, 3.05) is 26.2 Å². The number of hydrogen-bond donors (Lipinski definition) is 2. The first kappa shape index (κ1) is 21.0. The summed E-state index contributed by atoms with van der Waals surface area (Å²) in [5.74, 6) is -2.14. The Morgan fingerprint density at radius 2 is 2.04 bits per heavy atom. The van der Waals surface area contributed by atoms with Gasteiger partial charge >= 0.3 is 0 Å². The minimum Gasteiger partial charge on any atom is -0.392 e. The fourth-order valence-electron chi connectivity index (χ4n) is 3.96. The van der Waals surface area contributed by atoms with Gasteiger partial charge in [0.1, 0.15) is 0 Å². The number of aliphatic hydroxyl groups is 1. The second-order valence-corrected chi connectivity index (χ2v) is 6.90. The average Bonchev–Trinajstić information content (AvgIpc) is 2.62. The summed E-state index contributed by atoms with van der Waals surface area (Å²) in [6, 6.07) is 3.86. The highest BCUT2D eigenvalue weighted by Crippen LogP contribution is 2.50. The van der Waals surface area contributed by atoms with Crippen LogP contribution in [0.3, 0.4) is 0 Å². The van der Waals surface area contributed by atoms with Crippen molar-refractivity contribution in [3.05, 3.63) is 35.4 Å². The van der Waals surface area contributed by atoms with Gasteiger partial charge in [-0.15, -0.1) is 12.4 Å². The second kappa shape index (κ2) is 8.61. The topological polar surface area (TPSA) is 75.8 Å². The number of amides is 1. The average molecular weight is 391 g/mol. The maximum atomic E-state index is 13.7. The summed E-state index contributed by atoms with van der Waals surface area (Å²) < 4.78 is 32.7. The van der Waals surface area contributed by atoms with E-state index in [9.17, 15) is 18.7 Å². The van der Waals surface area contributed by atoms with Crippen molar-refractivity contribution in [2.45, 2.75) is 37.9 Å². The number of piperidine rings is 1. The second-order valence-electron chi connectivity index (χ2n) is 6.90. The van der Waals surface area contributed by atoms with Crippen molar-refractivity contribution in [1.82, 2.24) is 4.90 Å². The molecule has 0 unspecified atom stereocenters. The minimum absolute atomic E-state index is 0. The maximum absolute atomic E-state index is 13.7. The fraction of sp³-hybridized carbons (Fsp3) is 0.611. The van der Waals surface area contributed by atoms with Crippen molar-refractivity contribution >= 4 is 18.3 Å². The molecule has 8 heteroatoms. The Bertz CT molecular complexity index is 639. The van der Waals surface area contributed by atoms with Crippen LogP contribution >= 0.6 is 12.4 Å². The summed E-state index contributed by atoms with van der Waals surface area (Å²) in [5.41, 5.74) is 5.23. The van der Waals surface area contributed by atoms with Gasteiger partial charge in [0.05, 0.1) is 25.2 Å². The molecule has 0 bridgehead atoms. The molecule has 2 fully saturated rings. The van der Waals surface area contributed by atoms with Crippen molar-refractivity contribution < 1.29 is 23.4 Å². The summed E-state index contributed by atoms with van der Waals surface area (Å²) in [7, 11) is 0. The lowest BCUT2D eigenvalue weighted by molar-refractivity contribution is -0.210. The molecule has 3 rings (SSSR count). The predicted octanol–water partition coefficient (Wildman–Crippen LogP) is 1.65. The van der Waals surface area contributed by atoms with E-state index in [1.54, 1.807) is 4.90 Å². The Morgan fingerprint density at radius 1 is 1.35 bits per heavy atom. The van der Waals surface area contributed by atoms with Crippen LogP contribution in [-0.4, -0.2) is 54.4 Å². The minimum atomic E-state index is -0.964. The van der Waals surface area contributed by atoms with Gasteiger partial charge in [-0.3, -0.25) is 4.79 Å². The summed E-state index contributed by atoms with van der Waals surface area (Å²) in [4.78, 5) is 14.1. The normalized spacial score (nSPS) is 24.1. The van der Waals surface area contributed by atoms with Crippen LogP contribution in [0.2, 0.25) is 0 Å². The number of aliphatic hydroxyl groups excluding tert-OH is 1. The number of benzene rings is 1. The quantitative estimate of drug-likeness (QED) is 0.801. The molecule has 1 amide bonds. The maximum Gasteiger partial charge on any atom is 0.227 e. The lowest BCUT2D eigenvalue weighted by Crippen LogP contribution is -2.63. The Balaban J connectivity index is 0.00000243. The van der Waals surface area contributed by atoms with Gasteiger partial charge in [0.25, 0.3) is 0 Å². The molecule has 1 saturated heterocycles. The number of carbonyl (C=O) groups is 1. The van der Waals surface area contributed by atoms with E-state index in [1.807, 2.05) is 0 Å². The van der Waals surface area contributed by atoms with E-state index < -0.39 is 17.7 Å². The molecule has 1 aromatic rings. The van der Waals surface area contributed by atoms with Gasteiger partial charge in [-0.2, -0.15) is 0 Å². The summed E-state index contributed by atoms with van der Waals surface area (Å²) in [5, 5.41) is 10.2. The Labute approximate surface area is 157 Å². The number of nitrogens with two attached hydrogens (primary N) is 1. The number of nitrogens with zero attached hydrogens (tertiary/aromatic N) is 1. The molecule has 5 nitrogen and oxygen atoms in total. The van der Waals surface area contributed by atoms with Gasteiger partial charge in [0.15, 0.2) is 11.6 Å². The van der Waals surface area contributed by atoms with E-state index >= 15 is 0 Å². The highest BCUT2D eigenvalue weighted by atomic mass is 35.5. The molecule has 2 atom stereocenters. The van der Waals surface area contributed by atoms with Crippen LogP contribution in [0, 0.1) is 17.0 Å². The molecule has 2 aliphatic rings. The Kier molecular flexibility index (Phi) is 6.96. The summed E-state index contributed by atoms with van der Waals surface area (Å²) in [6.45, 7) is 1.86. The monoisotopic (exact) mass is 390 g/mol. The molecule has 1 spiro atoms. The molecule has 0 aromatic heterocycles. The van der Waals surface area contributed by atoms with Crippen LogP contribution in [0.15, 0.2) is 18.2 Å². The lowest BCUT2D eigenvalue weighted by atomic mass is 9.58. The summed E-state index contributed by atoms with van der Waals surface area (Å²) in [6.07, 6.45) is 1.27. The molecule has 1 aromatic carbocycles. The predicted molar refractivity (Wildman–Crippen MR) is 95.0 cm³/mol. The number of carbonyl (C=O) groups excluding carboxylic acids is 1.